The van der Waals surface area contributed by atoms with Crippen molar-refractivity contribution in [3.05, 3.63) is 35.9 Å². The van der Waals surface area contributed by atoms with Gasteiger partial charge in [0, 0.05) is 5.56 Å². The van der Waals surface area contributed by atoms with Gasteiger partial charge in [0.05, 0.1) is 0 Å². The van der Waals surface area contributed by atoms with E-state index < -0.39 is 24.0 Å². The molecule has 0 saturated carbocycles. The molecular formula is C13H16N2O4. The minimum atomic E-state index is -1.13. The molecule has 0 radical (unpaired) electrons. The van der Waals surface area contributed by atoms with E-state index >= 15 is 0 Å². The molecule has 6 heteroatoms. The van der Waals surface area contributed by atoms with Crippen molar-refractivity contribution in [2.24, 2.45) is 0 Å². The Hall–Kier alpha value is -2.37. The molecule has 0 heterocycles. The van der Waals surface area contributed by atoms with Crippen LogP contribution in [0.15, 0.2) is 30.3 Å². The van der Waals surface area contributed by atoms with Crippen molar-refractivity contribution in [3.8, 4) is 0 Å². The summed E-state index contributed by atoms with van der Waals surface area (Å²) >= 11 is 0. The Bertz CT molecular complexity index is 473. The maximum Gasteiger partial charge on any atom is 0.325 e. The zero-order chi connectivity index (χ0) is 14.4. The van der Waals surface area contributed by atoms with Crippen LogP contribution in [0.2, 0.25) is 0 Å². The average Bonchev–Trinajstić information content (AvgIpc) is 2.39. The number of benzene rings is 1. The normalized spacial score (nSPS) is 13.2. The van der Waals surface area contributed by atoms with Crippen molar-refractivity contribution in [1.82, 2.24) is 10.6 Å². The Morgan fingerprint density at radius 1 is 1.00 bits per heavy atom. The molecule has 102 valence electrons. The molecule has 1 aromatic carbocycles. The van der Waals surface area contributed by atoms with E-state index in [4.69, 9.17) is 5.11 Å². The highest BCUT2D eigenvalue weighted by molar-refractivity contribution is 5.97. The summed E-state index contributed by atoms with van der Waals surface area (Å²) in [5.41, 5.74) is 0.438. The highest BCUT2D eigenvalue weighted by Gasteiger charge is 2.20. The second-order valence-electron chi connectivity index (χ2n) is 4.13. The molecule has 0 aromatic heterocycles. The second kappa shape index (κ2) is 6.53. The van der Waals surface area contributed by atoms with E-state index in [2.05, 4.69) is 10.6 Å². The summed E-state index contributed by atoms with van der Waals surface area (Å²) in [6, 6.07) is 6.65. The number of carboxylic acids is 1. The number of hydrogen-bond donors (Lipinski definition) is 3. The molecule has 2 atom stereocenters. The maximum atomic E-state index is 11.8. The predicted molar refractivity (Wildman–Crippen MR) is 68.6 cm³/mol. The molecule has 0 aliphatic carbocycles. The molecule has 3 N–H and O–H groups in total. The molecule has 1 rings (SSSR count). The molecule has 0 saturated heterocycles. The number of carbonyl (C=O) groups is 3. The largest absolute Gasteiger partial charge is 0.480 e. The van der Waals surface area contributed by atoms with Crippen LogP contribution in [-0.2, 0) is 9.59 Å². The first-order chi connectivity index (χ1) is 8.91. The van der Waals surface area contributed by atoms with Crippen LogP contribution in [0.5, 0.6) is 0 Å². The molecular weight excluding hydrogens is 248 g/mol. The average molecular weight is 264 g/mol. The van der Waals surface area contributed by atoms with Gasteiger partial charge in [0.1, 0.15) is 12.1 Å². The van der Waals surface area contributed by atoms with E-state index in [0.29, 0.717) is 5.56 Å². The summed E-state index contributed by atoms with van der Waals surface area (Å²) in [5.74, 6) is -2.06. The summed E-state index contributed by atoms with van der Waals surface area (Å²) < 4.78 is 0. The maximum absolute atomic E-state index is 11.8. The fraction of sp³-hybridized carbons (Fsp3) is 0.308. The molecule has 1 aromatic rings. The molecule has 2 amide bonds. The quantitative estimate of drug-likeness (QED) is 0.717. The van der Waals surface area contributed by atoms with Gasteiger partial charge in [-0.15, -0.1) is 0 Å². The first kappa shape index (κ1) is 14.7. The fourth-order valence-corrected chi connectivity index (χ4v) is 1.34. The molecule has 0 spiro atoms. The van der Waals surface area contributed by atoms with Crippen molar-refractivity contribution in [2.45, 2.75) is 25.9 Å². The van der Waals surface area contributed by atoms with Gasteiger partial charge in [-0.3, -0.25) is 14.4 Å². The van der Waals surface area contributed by atoms with Crippen LogP contribution in [-0.4, -0.2) is 35.0 Å². The van der Waals surface area contributed by atoms with Gasteiger partial charge in [-0.05, 0) is 26.0 Å². The van der Waals surface area contributed by atoms with Crippen LogP contribution in [0.25, 0.3) is 0 Å². The molecule has 2 unspecified atom stereocenters. The standard InChI is InChI=1S/C13H16N2O4/c1-8(11(16)15-9(2)13(18)19)14-12(17)10-6-4-3-5-7-10/h3-9H,1-2H3,(H,14,17)(H,15,16)(H,18,19). The van der Waals surface area contributed by atoms with Crippen molar-refractivity contribution >= 4 is 17.8 Å². The van der Waals surface area contributed by atoms with Crippen molar-refractivity contribution in [3.63, 3.8) is 0 Å². The van der Waals surface area contributed by atoms with Crippen LogP contribution in [0.1, 0.15) is 24.2 Å². The van der Waals surface area contributed by atoms with E-state index in [1.54, 1.807) is 30.3 Å². The summed E-state index contributed by atoms with van der Waals surface area (Å²) in [7, 11) is 0. The Labute approximate surface area is 110 Å². The van der Waals surface area contributed by atoms with Gasteiger partial charge >= 0.3 is 5.97 Å². The first-order valence-electron chi connectivity index (χ1n) is 5.81. The molecule has 0 fully saturated rings. The number of carbonyl (C=O) groups excluding carboxylic acids is 2. The predicted octanol–water partition coefficient (Wildman–Crippen LogP) is 0.394. The number of nitrogens with one attached hydrogen (secondary N) is 2. The molecule has 0 aliphatic heterocycles. The monoisotopic (exact) mass is 264 g/mol. The summed E-state index contributed by atoms with van der Waals surface area (Å²) in [5, 5.41) is 13.4. The van der Waals surface area contributed by atoms with Crippen molar-refractivity contribution < 1.29 is 19.5 Å². The van der Waals surface area contributed by atoms with E-state index in [0.717, 1.165) is 0 Å². The third-order valence-electron chi connectivity index (χ3n) is 2.51. The molecule has 0 aliphatic rings. The van der Waals surface area contributed by atoms with Crippen LogP contribution in [0, 0.1) is 0 Å². The Kier molecular flexibility index (Phi) is 5.05. The highest BCUT2D eigenvalue weighted by atomic mass is 16.4. The lowest BCUT2D eigenvalue weighted by Gasteiger charge is -2.16. The van der Waals surface area contributed by atoms with Gasteiger partial charge in [-0.2, -0.15) is 0 Å². The zero-order valence-corrected chi connectivity index (χ0v) is 10.7. The SMILES string of the molecule is CC(NC(=O)C(C)NC(=O)c1ccccc1)C(=O)O. The van der Waals surface area contributed by atoms with Gasteiger partial charge in [0.15, 0.2) is 0 Å². The Morgan fingerprint density at radius 3 is 2.11 bits per heavy atom. The lowest BCUT2D eigenvalue weighted by atomic mass is 10.2. The van der Waals surface area contributed by atoms with Gasteiger partial charge in [-0.1, -0.05) is 18.2 Å². The number of aliphatic carboxylic acids is 1. The van der Waals surface area contributed by atoms with E-state index in [-0.39, 0.29) is 5.91 Å². The topological polar surface area (TPSA) is 95.5 Å². The molecule has 0 bridgehead atoms. The van der Waals surface area contributed by atoms with Gasteiger partial charge in [-0.25, -0.2) is 0 Å². The Balaban J connectivity index is 2.55. The molecule has 6 nitrogen and oxygen atoms in total. The van der Waals surface area contributed by atoms with Crippen molar-refractivity contribution in [1.29, 1.82) is 0 Å². The second-order valence-corrected chi connectivity index (χ2v) is 4.13. The Morgan fingerprint density at radius 2 is 1.58 bits per heavy atom. The third-order valence-corrected chi connectivity index (χ3v) is 2.51. The minimum absolute atomic E-state index is 0.383. The van der Waals surface area contributed by atoms with Crippen LogP contribution >= 0.6 is 0 Å². The number of amides is 2. The van der Waals surface area contributed by atoms with Gasteiger partial charge in [0.25, 0.3) is 5.91 Å². The third kappa shape index (κ3) is 4.42. The van der Waals surface area contributed by atoms with Gasteiger partial charge < -0.3 is 15.7 Å². The van der Waals surface area contributed by atoms with Gasteiger partial charge in [0.2, 0.25) is 5.91 Å². The summed E-state index contributed by atoms with van der Waals surface area (Å²) in [6.07, 6.45) is 0. The molecule has 19 heavy (non-hydrogen) atoms. The number of hydrogen-bond acceptors (Lipinski definition) is 3. The van der Waals surface area contributed by atoms with E-state index in [1.165, 1.54) is 13.8 Å². The summed E-state index contributed by atoms with van der Waals surface area (Å²) in [4.78, 5) is 34.0. The lowest BCUT2D eigenvalue weighted by molar-refractivity contribution is -0.141. The zero-order valence-electron chi connectivity index (χ0n) is 10.7. The number of carboxylic acid groups (broad SMARTS) is 1. The first-order valence-corrected chi connectivity index (χ1v) is 5.81. The van der Waals surface area contributed by atoms with E-state index in [9.17, 15) is 14.4 Å². The summed E-state index contributed by atoms with van der Waals surface area (Å²) in [6.45, 7) is 2.84. The smallest absolute Gasteiger partial charge is 0.325 e. The highest BCUT2D eigenvalue weighted by Crippen LogP contribution is 1.99. The van der Waals surface area contributed by atoms with Crippen LogP contribution in [0.4, 0.5) is 0 Å². The lowest BCUT2D eigenvalue weighted by Crippen LogP contribution is -2.49. The number of rotatable bonds is 5. The van der Waals surface area contributed by atoms with Crippen molar-refractivity contribution in [2.75, 3.05) is 0 Å². The fourth-order valence-electron chi connectivity index (χ4n) is 1.34. The van der Waals surface area contributed by atoms with E-state index in [1.807, 2.05) is 0 Å². The minimum Gasteiger partial charge on any atom is -0.480 e. The van der Waals surface area contributed by atoms with Crippen LogP contribution < -0.4 is 10.6 Å². The van der Waals surface area contributed by atoms with Crippen LogP contribution in [0.3, 0.4) is 0 Å².